The fraction of sp³-hybridized carbons (Fsp3) is 0.333. The molecule has 0 unspecified atom stereocenters. The van der Waals surface area contributed by atoms with Gasteiger partial charge in [-0.3, -0.25) is 4.79 Å². The molecule has 0 bridgehead atoms. The van der Waals surface area contributed by atoms with Crippen molar-refractivity contribution in [2.75, 3.05) is 6.54 Å². The fourth-order valence-electron chi connectivity index (χ4n) is 2.35. The summed E-state index contributed by atoms with van der Waals surface area (Å²) in [5.41, 5.74) is 1.28. The zero-order chi connectivity index (χ0) is 13.1. The molecule has 1 amide bonds. The summed E-state index contributed by atoms with van der Waals surface area (Å²) in [4.78, 5) is 16.2. The van der Waals surface area contributed by atoms with Crippen LogP contribution in [0.2, 0.25) is 0 Å². The maximum absolute atomic E-state index is 12.0. The molecule has 0 aliphatic heterocycles. The van der Waals surface area contributed by atoms with Crippen molar-refractivity contribution in [3.63, 3.8) is 0 Å². The van der Waals surface area contributed by atoms with Gasteiger partial charge in [0.05, 0.1) is 5.01 Å². The van der Waals surface area contributed by atoms with Crippen LogP contribution in [0.4, 0.5) is 0 Å². The summed E-state index contributed by atoms with van der Waals surface area (Å²) in [6.07, 6.45) is 3.60. The first kappa shape index (κ1) is 12.4. The summed E-state index contributed by atoms with van der Waals surface area (Å²) in [6.45, 7) is 0.685. The molecule has 2 atom stereocenters. The lowest BCUT2D eigenvalue weighted by Crippen LogP contribution is -2.27. The normalized spacial score (nSPS) is 21.1. The van der Waals surface area contributed by atoms with Gasteiger partial charge in [0.15, 0.2) is 0 Å². The van der Waals surface area contributed by atoms with E-state index in [1.165, 1.54) is 5.56 Å². The molecule has 0 spiro atoms. The Balaban J connectivity index is 1.45. The Morgan fingerprint density at radius 2 is 2.21 bits per heavy atom. The van der Waals surface area contributed by atoms with Gasteiger partial charge >= 0.3 is 0 Å². The molecule has 3 rings (SSSR count). The van der Waals surface area contributed by atoms with Crippen molar-refractivity contribution in [3.8, 4) is 0 Å². The zero-order valence-corrected chi connectivity index (χ0v) is 11.4. The van der Waals surface area contributed by atoms with Crippen molar-refractivity contribution in [1.29, 1.82) is 0 Å². The SMILES string of the molecule is O=C(NCCc1nccs1)[C@H]1C[C@H]1c1ccccc1. The van der Waals surface area contributed by atoms with E-state index < -0.39 is 0 Å². The van der Waals surface area contributed by atoms with Crippen molar-refractivity contribution in [1.82, 2.24) is 10.3 Å². The predicted molar refractivity (Wildman–Crippen MR) is 76.1 cm³/mol. The predicted octanol–water partition coefficient (Wildman–Crippen LogP) is 2.61. The highest BCUT2D eigenvalue weighted by molar-refractivity contribution is 7.09. The van der Waals surface area contributed by atoms with Crippen LogP contribution in [-0.2, 0) is 11.2 Å². The highest BCUT2D eigenvalue weighted by Crippen LogP contribution is 2.47. The van der Waals surface area contributed by atoms with E-state index >= 15 is 0 Å². The third-order valence-electron chi connectivity index (χ3n) is 3.48. The number of thiazole rings is 1. The molecule has 1 aromatic carbocycles. The standard InChI is InChI=1S/C15H16N2OS/c18-15(17-7-6-14-16-8-9-19-14)13-10-12(13)11-4-2-1-3-5-11/h1-5,8-9,12-13H,6-7,10H2,(H,17,18)/t12-,13-/m0/s1. The molecule has 98 valence electrons. The number of nitrogens with zero attached hydrogens (tertiary/aromatic N) is 1. The minimum Gasteiger partial charge on any atom is -0.355 e. The van der Waals surface area contributed by atoms with E-state index in [0.29, 0.717) is 12.5 Å². The highest BCUT2D eigenvalue weighted by atomic mass is 32.1. The van der Waals surface area contributed by atoms with Crippen LogP contribution >= 0.6 is 11.3 Å². The van der Waals surface area contributed by atoms with Crippen LogP contribution in [0.5, 0.6) is 0 Å². The summed E-state index contributed by atoms with van der Waals surface area (Å²) in [6, 6.07) is 10.3. The second-order valence-electron chi connectivity index (χ2n) is 4.83. The first-order chi connectivity index (χ1) is 9.34. The smallest absolute Gasteiger partial charge is 0.223 e. The van der Waals surface area contributed by atoms with Crippen molar-refractivity contribution in [2.24, 2.45) is 5.92 Å². The lowest BCUT2D eigenvalue weighted by molar-refractivity contribution is -0.122. The monoisotopic (exact) mass is 272 g/mol. The van der Waals surface area contributed by atoms with Crippen LogP contribution in [-0.4, -0.2) is 17.4 Å². The number of carbonyl (C=O) groups is 1. The van der Waals surface area contributed by atoms with Gasteiger partial charge in [0.1, 0.15) is 0 Å². The molecule has 0 saturated heterocycles. The average Bonchev–Trinajstić information content (AvgIpc) is 3.09. The largest absolute Gasteiger partial charge is 0.355 e. The number of nitrogens with one attached hydrogen (secondary N) is 1. The minimum atomic E-state index is 0.165. The first-order valence-electron chi connectivity index (χ1n) is 6.55. The topological polar surface area (TPSA) is 42.0 Å². The third kappa shape index (κ3) is 3.01. The van der Waals surface area contributed by atoms with Gasteiger partial charge in [0, 0.05) is 30.5 Å². The van der Waals surface area contributed by atoms with Crippen molar-refractivity contribution < 1.29 is 4.79 Å². The molecule has 1 saturated carbocycles. The van der Waals surface area contributed by atoms with Crippen LogP contribution in [0.3, 0.4) is 0 Å². The van der Waals surface area contributed by atoms with Crippen molar-refractivity contribution in [3.05, 3.63) is 52.5 Å². The molecule has 0 radical (unpaired) electrons. The zero-order valence-electron chi connectivity index (χ0n) is 10.6. The Kier molecular flexibility index (Phi) is 3.60. The van der Waals surface area contributed by atoms with Crippen LogP contribution in [0.25, 0.3) is 0 Å². The summed E-state index contributed by atoms with van der Waals surface area (Å²) in [7, 11) is 0. The summed E-state index contributed by atoms with van der Waals surface area (Å²) >= 11 is 1.63. The van der Waals surface area contributed by atoms with Gasteiger partial charge in [0.25, 0.3) is 0 Å². The van der Waals surface area contributed by atoms with E-state index in [0.717, 1.165) is 17.8 Å². The van der Waals surface area contributed by atoms with E-state index in [9.17, 15) is 4.79 Å². The molecule has 2 aromatic rings. The Morgan fingerprint density at radius 1 is 1.37 bits per heavy atom. The van der Waals surface area contributed by atoms with E-state index in [2.05, 4.69) is 22.4 Å². The lowest BCUT2D eigenvalue weighted by Gasteiger charge is -2.03. The molecule has 1 aromatic heterocycles. The van der Waals surface area contributed by atoms with Gasteiger partial charge < -0.3 is 5.32 Å². The van der Waals surface area contributed by atoms with Gasteiger partial charge in [-0.25, -0.2) is 4.98 Å². The van der Waals surface area contributed by atoms with Crippen LogP contribution in [0, 0.1) is 5.92 Å². The molecule has 1 aliphatic rings. The number of aromatic nitrogens is 1. The summed E-state index contributed by atoms with van der Waals surface area (Å²) in [5, 5.41) is 6.05. The third-order valence-corrected chi connectivity index (χ3v) is 4.32. The maximum atomic E-state index is 12.0. The summed E-state index contributed by atoms with van der Waals surface area (Å²) in [5.74, 6) is 0.769. The average molecular weight is 272 g/mol. The van der Waals surface area contributed by atoms with Crippen LogP contribution in [0.1, 0.15) is 22.9 Å². The second-order valence-corrected chi connectivity index (χ2v) is 5.81. The molecule has 1 aliphatic carbocycles. The maximum Gasteiger partial charge on any atom is 0.223 e. The number of hydrogen-bond acceptors (Lipinski definition) is 3. The Labute approximate surface area is 116 Å². The molecular formula is C15H16N2OS. The first-order valence-corrected chi connectivity index (χ1v) is 7.43. The summed E-state index contributed by atoms with van der Waals surface area (Å²) < 4.78 is 0. The number of carbonyl (C=O) groups excluding carboxylic acids is 1. The second kappa shape index (κ2) is 5.53. The lowest BCUT2D eigenvalue weighted by atomic mass is 10.1. The fourth-order valence-corrected chi connectivity index (χ4v) is 2.97. The Bertz CT molecular complexity index is 539. The number of hydrogen-bond donors (Lipinski definition) is 1. The van der Waals surface area contributed by atoms with Gasteiger partial charge in [-0.05, 0) is 17.9 Å². The molecule has 1 fully saturated rings. The molecule has 19 heavy (non-hydrogen) atoms. The van der Waals surface area contributed by atoms with E-state index in [4.69, 9.17) is 0 Å². The van der Waals surface area contributed by atoms with Gasteiger partial charge in [0.2, 0.25) is 5.91 Å². The Morgan fingerprint density at radius 3 is 2.95 bits per heavy atom. The number of rotatable bonds is 5. The van der Waals surface area contributed by atoms with Crippen LogP contribution < -0.4 is 5.32 Å². The van der Waals surface area contributed by atoms with Gasteiger partial charge in [-0.15, -0.1) is 11.3 Å². The minimum absolute atomic E-state index is 0.165. The van der Waals surface area contributed by atoms with E-state index in [1.807, 2.05) is 23.6 Å². The molecule has 1 heterocycles. The molecule has 1 N–H and O–H groups in total. The molecular weight excluding hydrogens is 256 g/mol. The Hall–Kier alpha value is -1.68. The highest BCUT2D eigenvalue weighted by Gasteiger charge is 2.43. The van der Waals surface area contributed by atoms with Gasteiger partial charge in [-0.2, -0.15) is 0 Å². The number of benzene rings is 1. The van der Waals surface area contributed by atoms with E-state index in [-0.39, 0.29) is 11.8 Å². The van der Waals surface area contributed by atoms with Crippen molar-refractivity contribution >= 4 is 17.2 Å². The van der Waals surface area contributed by atoms with Crippen molar-refractivity contribution in [2.45, 2.75) is 18.8 Å². The quantitative estimate of drug-likeness (QED) is 0.909. The number of amides is 1. The molecule has 4 heteroatoms. The van der Waals surface area contributed by atoms with Crippen LogP contribution in [0.15, 0.2) is 41.9 Å². The van der Waals surface area contributed by atoms with Gasteiger partial charge in [-0.1, -0.05) is 30.3 Å². The molecule has 3 nitrogen and oxygen atoms in total. The van der Waals surface area contributed by atoms with E-state index in [1.54, 1.807) is 17.5 Å².